The van der Waals surface area contributed by atoms with E-state index in [0.29, 0.717) is 0 Å². The molecule has 0 aromatic carbocycles. The van der Waals surface area contributed by atoms with E-state index in [1.165, 1.54) is 12.3 Å². The van der Waals surface area contributed by atoms with Crippen molar-refractivity contribution in [3.8, 4) is 11.5 Å². The highest BCUT2D eigenvalue weighted by Crippen LogP contribution is 2.26. The number of nitrogens with zero attached hydrogens (tertiary/aromatic N) is 2. The third kappa shape index (κ3) is 4.02. The average Bonchev–Trinajstić information content (AvgIpc) is 2.88. The lowest BCUT2D eigenvalue weighted by Gasteiger charge is -2.19. The lowest BCUT2D eigenvalue weighted by molar-refractivity contribution is 0.0632. The summed E-state index contributed by atoms with van der Waals surface area (Å²) in [6.45, 7) is 4.98. The summed E-state index contributed by atoms with van der Waals surface area (Å²) >= 11 is 0. The molecule has 0 saturated carbocycles. The molecule has 0 fully saturated rings. The molecule has 23 heavy (non-hydrogen) atoms. The van der Waals surface area contributed by atoms with Gasteiger partial charge < -0.3 is 14.3 Å². The Labute approximate surface area is 130 Å². The first-order chi connectivity index (χ1) is 10.7. The minimum absolute atomic E-state index is 0.140. The van der Waals surface area contributed by atoms with Crippen molar-refractivity contribution >= 4 is 17.9 Å². The minimum Gasteiger partial charge on any atom is -0.476 e. The molecule has 8 nitrogen and oxygen atoms in total. The third-order valence-electron chi connectivity index (χ3n) is 2.46. The number of rotatable bonds is 3. The van der Waals surface area contributed by atoms with Gasteiger partial charge in [-0.25, -0.2) is 23.9 Å². The molecule has 0 saturated heterocycles. The molecular weight excluding hydrogens is 309 g/mol. The zero-order valence-corrected chi connectivity index (χ0v) is 12.6. The molecule has 1 amide bonds. The fourth-order valence-electron chi connectivity index (χ4n) is 1.59. The summed E-state index contributed by atoms with van der Waals surface area (Å²) in [5.74, 6) is -2.85. The van der Waals surface area contributed by atoms with E-state index in [9.17, 15) is 14.0 Å². The number of carbonyl (C=O) groups is 2. The summed E-state index contributed by atoms with van der Waals surface area (Å²) in [6.07, 6.45) is 1.23. The van der Waals surface area contributed by atoms with Crippen LogP contribution in [0.4, 0.5) is 15.0 Å². The number of aromatic nitrogens is 2. The lowest BCUT2D eigenvalue weighted by atomic mass is 10.2. The quantitative estimate of drug-likeness (QED) is 0.892. The molecule has 0 aliphatic carbocycles. The first kappa shape index (κ1) is 16.4. The highest BCUT2D eigenvalue weighted by atomic mass is 19.1. The van der Waals surface area contributed by atoms with Crippen molar-refractivity contribution in [2.75, 3.05) is 5.32 Å². The summed E-state index contributed by atoms with van der Waals surface area (Å²) in [4.78, 5) is 29.8. The van der Waals surface area contributed by atoms with E-state index in [1.54, 1.807) is 20.8 Å². The monoisotopic (exact) mass is 323 g/mol. The lowest BCUT2D eigenvalue weighted by Crippen LogP contribution is -2.27. The Balaban J connectivity index is 2.27. The predicted octanol–water partition coefficient (Wildman–Crippen LogP) is 2.92. The molecule has 2 aromatic heterocycles. The minimum atomic E-state index is -1.30. The van der Waals surface area contributed by atoms with Crippen molar-refractivity contribution < 1.29 is 28.2 Å². The molecule has 2 aromatic rings. The number of anilines is 1. The first-order valence-electron chi connectivity index (χ1n) is 6.51. The Hall–Kier alpha value is -2.97. The highest BCUT2D eigenvalue weighted by Gasteiger charge is 2.21. The van der Waals surface area contributed by atoms with Crippen LogP contribution in [0.1, 0.15) is 31.3 Å². The van der Waals surface area contributed by atoms with Crippen LogP contribution in [0.2, 0.25) is 0 Å². The number of nitrogens with one attached hydrogen (secondary N) is 1. The number of halogens is 1. The van der Waals surface area contributed by atoms with E-state index in [4.69, 9.17) is 14.3 Å². The van der Waals surface area contributed by atoms with Crippen molar-refractivity contribution in [3.05, 3.63) is 30.0 Å². The van der Waals surface area contributed by atoms with Crippen LogP contribution in [0.15, 0.2) is 22.9 Å². The molecule has 122 valence electrons. The van der Waals surface area contributed by atoms with E-state index >= 15 is 0 Å². The second-order valence-corrected chi connectivity index (χ2v) is 5.49. The maximum atomic E-state index is 14.4. The zero-order valence-electron chi connectivity index (χ0n) is 12.6. The van der Waals surface area contributed by atoms with Crippen LogP contribution in [0.5, 0.6) is 0 Å². The van der Waals surface area contributed by atoms with Crippen molar-refractivity contribution in [2.24, 2.45) is 0 Å². The van der Waals surface area contributed by atoms with Crippen LogP contribution < -0.4 is 5.32 Å². The number of oxazole rings is 1. The Morgan fingerprint density at radius 1 is 1.39 bits per heavy atom. The molecule has 9 heteroatoms. The van der Waals surface area contributed by atoms with Gasteiger partial charge in [-0.15, -0.1) is 0 Å². The van der Waals surface area contributed by atoms with Crippen LogP contribution in [-0.2, 0) is 4.74 Å². The molecule has 2 rings (SSSR count). The fourth-order valence-corrected chi connectivity index (χ4v) is 1.59. The maximum Gasteiger partial charge on any atom is 0.413 e. The number of ether oxygens (including phenoxy) is 1. The number of carbonyl (C=O) groups excluding carboxylic acids is 1. The van der Waals surface area contributed by atoms with Crippen LogP contribution in [0.3, 0.4) is 0 Å². The van der Waals surface area contributed by atoms with Crippen LogP contribution in [0.25, 0.3) is 11.5 Å². The molecule has 0 aliphatic heterocycles. The van der Waals surface area contributed by atoms with E-state index < -0.39 is 23.5 Å². The normalized spacial score (nSPS) is 11.1. The molecule has 0 unspecified atom stereocenters. The molecule has 0 aliphatic rings. The Bertz CT molecular complexity index is 751. The van der Waals surface area contributed by atoms with Crippen molar-refractivity contribution in [2.45, 2.75) is 26.4 Å². The van der Waals surface area contributed by atoms with Gasteiger partial charge in [0.15, 0.2) is 17.3 Å². The Morgan fingerprint density at radius 3 is 2.65 bits per heavy atom. The van der Waals surface area contributed by atoms with Crippen molar-refractivity contribution in [3.63, 3.8) is 0 Å². The van der Waals surface area contributed by atoms with Gasteiger partial charge in [0.2, 0.25) is 5.89 Å². The number of carboxylic acid groups (broad SMARTS) is 1. The topological polar surface area (TPSA) is 115 Å². The molecule has 2 heterocycles. The maximum absolute atomic E-state index is 14.4. The average molecular weight is 323 g/mol. The fraction of sp³-hybridized carbons (Fsp3) is 0.286. The van der Waals surface area contributed by atoms with E-state index in [0.717, 1.165) is 6.26 Å². The van der Waals surface area contributed by atoms with Gasteiger partial charge in [-0.3, -0.25) is 5.32 Å². The first-order valence-corrected chi connectivity index (χ1v) is 6.51. The number of pyridine rings is 1. The number of hydrogen-bond donors (Lipinski definition) is 2. The predicted molar refractivity (Wildman–Crippen MR) is 76.5 cm³/mol. The van der Waals surface area contributed by atoms with Crippen molar-refractivity contribution in [1.82, 2.24) is 9.97 Å². The summed E-state index contributed by atoms with van der Waals surface area (Å²) in [5, 5.41) is 11.0. The molecule has 0 atom stereocenters. The zero-order chi connectivity index (χ0) is 17.2. The highest BCUT2D eigenvalue weighted by molar-refractivity contribution is 5.86. The van der Waals surface area contributed by atoms with Crippen LogP contribution in [-0.4, -0.2) is 32.7 Å². The third-order valence-corrected chi connectivity index (χ3v) is 2.46. The summed E-state index contributed by atoms with van der Waals surface area (Å²) in [7, 11) is 0. The van der Waals surface area contributed by atoms with Gasteiger partial charge in [-0.1, -0.05) is 0 Å². The molecule has 2 N–H and O–H groups in total. The van der Waals surface area contributed by atoms with Crippen LogP contribution >= 0.6 is 0 Å². The summed E-state index contributed by atoms with van der Waals surface area (Å²) in [5.41, 5.74) is -1.26. The SMILES string of the molecule is CC(C)(C)OC(=O)Nc1nccc(-c2nc(C(=O)O)co2)c1F. The number of carboxylic acids is 1. The summed E-state index contributed by atoms with van der Waals surface area (Å²) in [6, 6.07) is 1.24. The van der Waals surface area contributed by atoms with Gasteiger partial charge >= 0.3 is 12.1 Å². The number of amides is 1. The largest absolute Gasteiger partial charge is 0.476 e. The second kappa shape index (κ2) is 6.03. The van der Waals surface area contributed by atoms with Gasteiger partial charge in [0.25, 0.3) is 0 Å². The number of aromatic carboxylic acids is 1. The van der Waals surface area contributed by atoms with E-state index in [1.807, 2.05) is 0 Å². The second-order valence-electron chi connectivity index (χ2n) is 5.49. The summed E-state index contributed by atoms with van der Waals surface area (Å²) < 4.78 is 24.3. The van der Waals surface area contributed by atoms with Crippen molar-refractivity contribution in [1.29, 1.82) is 0 Å². The van der Waals surface area contributed by atoms with E-state index in [2.05, 4.69) is 15.3 Å². The standard InChI is InChI=1S/C14H14FN3O5/c1-14(2,3)23-13(21)18-10-9(15)7(4-5-16-10)11-17-8(6-22-11)12(19)20/h4-6H,1-3H3,(H,19,20)(H,16,18,21). The number of hydrogen-bond acceptors (Lipinski definition) is 6. The van der Waals surface area contributed by atoms with E-state index in [-0.39, 0.29) is 23.0 Å². The Kier molecular flexibility index (Phi) is 4.30. The van der Waals surface area contributed by atoms with Gasteiger partial charge in [0.1, 0.15) is 11.9 Å². The van der Waals surface area contributed by atoms with Gasteiger partial charge in [-0.05, 0) is 26.8 Å². The molecule has 0 radical (unpaired) electrons. The van der Waals surface area contributed by atoms with Gasteiger partial charge in [0.05, 0.1) is 5.56 Å². The molecular formula is C14H14FN3O5. The molecule has 0 bridgehead atoms. The smallest absolute Gasteiger partial charge is 0.413 e. The van der Waals surface area contributed by atoms with Gasteiger partial charge in [0, 0.05) is 6.20 Å². The molecule has 0 spiro atoms. The van der Waals surface area contributed by atoms with Crippen LogP contribution in [0, 0.1) is 5.82 Å². The van der Waals surface area contributed by atoms with Gasteiger partial charge in [-0.2, -0.15) is 0 Å². The Morgan fingerprint density at radius 2 is 2.09 bits per heavy atom.